The normalized spacial score (nSPS) is 11.1. The molecule has 0 aromatic heterocycles. The third-order valence-corrected chi connectivity index (χ3v) is 5.12. The van der Waals surface area contributed by atoms with Crippen LogP contribution in [0.25, 0.3) is 0 Å². The summed E-state index contributed by atoms with van der Waals surface area (Å²) in [7, 11) is 1.36. The Bertz CT molecular complexity index is 878. The maximum atomic E-state index is 12.5. The van der Waals surface area contributed by atoms with Crippen molar-refractivity contribution in [3.8, 4) is 5.75 Å². The highest BCUT2D eigenvalue weighted by Gasteiger charge is 2.20. The van der Waals surface area contributed by atoms with Crippen LogP contribution in [0.1, 0.15) is 5.56 Å². The average molecular weight is 377 g/mol. The van der Waals surface area contributed by atoms with Gasteiger partial charge in [0.25, 0.3) is 0 Å². The topological polar surface area (TPSA) is 87.7 Å². The standard InChI is InChI=1S/C18H23N3O4S/c1-13-5-10-16(25-4)17(11-13)26(23,24)19-12-18(22)20-14-6-8-15(9-7-14)21(2)3/h5-11,19H,12H2,1-4H3,(H,20,22). The van der Waals surface area contributed by atoms with Gasteiger partial charge >= 0.3 is 0 Å². The Hall–Kier alpha value is -2.58. The zero-order valence-electron chi connectivity index (χ0n) is 15.2. The lowest BCUT2D eigenvalue weighted by molar-refractivity contribution is -0.115. The van der Waals surface area contributed by atoms with Gasteiger partial charge in [-0.3, -0.25) is 4.79 Å². The number of carbonyl (C=O) groups excluding carboxylic acids is 1. The number of carbonyl (C=O) groups is 1. The van der Waals surface area contributed by atoms with E-state index in [2.05, 4.69) is 10.0 Å². The maximum Gasteiger partial charge on any atom is 0.244 e. The fourth-order valence-corrected chi connectivity index (χ4v) is 3.51. The number of anilines is 2. The van der Waals surface area contributed by atoms with Gasteiger partial charge in [0.05, 0.1) is 13.7 Å². The van der Waals surface area contributed by atoms with Crippen LogP contribution < -0.4 is 19.7 Å². The van der Waals surface area contributed by atoms with Crippen molar-refractivity contribution in [3.05, 3.63) is 48.0 Å². The van der Waals surface area contributed by atoms with E-state index in [4.69, 9.17) is 4.74 Å². The van der Waals surface area contributed by atoms with Crippen molar-refractivity contribution in [2.45, 2.75) is 11.8 Å². The van der Waals surface area contributed by atoms with Crippen molar-refractivity contribution in [1.29, 1.82) is 0 Å². The molecule has 0 aliphatic heterocycles. The highest BCUT2D eigenvalue weighted by atomic mass is 32.2. The van der Waals surface area contributed by atoms with E-state index in [0.29, 0.717) is 5.69 Å². The first kappa shape index (κ1) is 19.7. The van der Waals surface area contributed by atoms with Gasteiger partial charge in [-0.05, 0) is 48.9 Å². The molecule has 0 fully saturated rings. The summed E-state index contributed by atoms with van der Waals surface area (Å²) in [6.07, 6.45) is 0. The van der Waals surface area contributed by atoms with E-state index in [-0.39, 0.29) is 17.2 Å². The molecule has 1 amide bonds. The van der Waals surface area contributed by atoms with Crippen LogP contribution in [0, 0.1) is 6.92 Å². The Morgan fingerprint density at radius 2 is 1.77 bits per heavy atom. The molecule has 7 nitrogen and oxygen atoms in total. The zero-order valence-corrected chi connectivity index (χ0v) is 16.1. The Labute approximate surface area is 154 Å². The van der Waals surface area contributed by atoms with Gasteiger partial charge in [-0.15, -0.1) is 0 Å². The summed E-state index contributed by atoms with van der Waals surface area (Å²) < 4.78 is 32.3. The number of rotatable bonds is 7. The monoisotopic (exact) mass is 377 g/mol. The lowest BCUT2D eigenvalue weighted by Gasteiger charge is -2.13. The van der Waals surface area contributed by atoms with Gasteiger partial charge in [0.2, 0.25) is 15.9 Å². The first-order chi connectivity index (χ1) is 12.2. The zero-order chi connectivity index (χ0) is 19.3. The predicted molar refractivity (Wildman–Crippen MR) is 102 cm³/mol. The number of hydrogen-bond donors (Lipinski definition) is 2. The van der Waals surface area contributed by atoms with E-state index >= 15 is 0 Å². The van der Waals surface area contributed by atoms with E-state index in [1.807, 2.05) is 31.1 Å². The van der Waals surface area contributed by atoms with Gasteiger partial charge in [-0.1, -0.05) is 6.07 Å². The minimum absolute atomic E-state index is 0.00290. The molecule has 2 aromatic carbocycles. The molecule has 0 atom stereocenters. The number of nitrogens with one attached hydrogen (secondary N) is 2. The van der Waals surface area contributed by atoms with Crippen LogP contribution in [-0.2, 0) is 14.8 Å². The fraction of sp³-hybridized carbons (Fsp3) is 0.278. The molecule has 2 aromatic rings. The number of ether oxygens (including phenoxy) is 1. The van der Waals surface area contributed by atoms with Crippen LogP contribution in [-0.4, -0.2) is 42.1 Å². The Morgan fingerprint density at radius 3 is 2.35 bits per heavy atom. The number of methoxy groups -OCH3 is 1. The van der Waals surface area contributed by atoms with E-state index in [1.165, 1.54) is 13.2 Å². The van der Waals surface area contributed by atoms with Gasteiger partial charge < -0.3 is 15.0 Å². The van der Waals surface area contributed by atoms with Gasteiger partial charge in [-0.25, -0.2) is 13.1 Å². The number of hydrogen-bond acceptors (Lipinski definition) is 5. The van der Waals surface area contributed by atoms with Gasteiger partial charge in [0.1, 0.15) is 10.6 Å². The third-order valence-electron chi connectivity index (χ3n) is 3.70. The molecule has 2 N–H and O–H groups in total. The first-order valence-electron chi connectivity index (χ1n) is 7.94. The van der Waals surface area contributed by atoms with E-state index in [9.17, 15) is 13.2 Å². The van der Waals surface area contributed by atoms with Crippen molar-refractivity contribution in [3.63, 3.8) is 0 Å². The summed E-state index contributed by atoms with van der Waals surface area (Å²) in [5.74, 6) is -0.236. The van der Waals surface area contributed by atoms with Crippen LogP contribution in [0.15, 0.2) is 47.4 Å². The van der Waals surface area contributed by atoms with Crippen LogP contribution in [0.3, 0.4) is 0 Å². The third kappa shape index (κ3) is 4.96. The van der Waals surface area contributed by atoms with Crippen molar-refractivity contribution < 1.29 is 17.9 Å². The summed E-state index contributed by atoms with van der Waals surface area (Å²) >= 11 is 0. The van der Waals surface area contributed by atoms with Crippen LogP contribution in [0.2, 0.25) is 0 Å². The minimum atomic E-state index is -3.87. The summed E-state index contributed by atoms with van der Waals surface area (Å²) in [6, 6.07) is 12.1. The van der Waals surface area contributed by atoms with E-state index in [1.54, 1.807) is 31.2 Å². The highest BCUT2D eigenvalue weighted by Crippen LogP contribution is 2.24. The SMILES string of the molecule is COc1ccc(C)cc1S(=O)(=O)NCC(=O)Nc1ccc(N(C)C)cc1. The fourth-order valence-electron chi connectivity index (χ4n) is 2.28. The largest absolute Gasteiger partial charge is 0.495 e. The number of sulfonamides is 1. The number of nitrogens with zero attached hydrogens (tertiary/aromatic N) is 1. The molecule has 0 saturated carbocycles. The summed E-state index contributed by atoms with van der Waals surface area (Å²) in [5, 5.41) is 2.66. The molecular weight excluding hydrogens is 354 g/mol. The molecular formula is C18H23N3O4S. The summed E-state index contributed by atoms with van der Waals surface area (Å²) in [4.78, 5) is 14.0. The van der Waals surface area contributed by atoms with Crippen molar-refractivity contribution in [2.75, 3.05) is 38.0 Å². The molecule has 140 valence electrons. The van der Waals surface area contributed by atoms with Crippen molar-refractivity contribution in [2.24, 2.45) is 0 Å². The van der Waals surface area contributed by atoms with Crippen molar-refractivity contribution >= 4 is 27.3 Å². The number of amides is 1. The summed E-state index contributed by atoms with van der Waals surface area (Å²) in [6.45, 7) is 1.40. The average Bonchev–Trinajstić information content (AvgIpc) is 2.60. The van der Waals surface area contributed by atoms with Gasteiger partial charge in [-0.2, -0.15) is 0 Å². The Morgan fingerprint density at radius 1 is 1.12 bits per heavy atom. The van der Waals surface area contributed by atoms with E-state index in [0.717, 1.165) is 11.3 Å². The molecule has 0 bridgehead atoms. The molecule has 8 heteroatoms. The lowest BCUT2D eigenvalue weighted by Crippen LogP contribution is -2.33. The molecule has 0 saturated heterocycles. The molecule has 0 heterocycles. The van der Waals surface area contributed by atoms with Crippen LogP contribution in [0.4, 0.5) is 11.4 Å². The predicted octanol–water partition coefficient (Wildman–Crippen LogP) is 1.99. The quantitative estimate of drug-likeness (QED) is 0.770. The molecule has 0 spiro atoms. The Kier molecular flexibility index (Phi) is 6.23. The second kappa shape index (κ2) is 8.20. The molecule has 0 aliphatic carbocycles. The lowest BCUT2D eigenvalue weighted by atomic mass is 10.2. The van der Waals surface area contributed by atoms with Gasteiger partial charge in [0, 0.05) is 25.5 Å². The second-order valence-electron chi connectivity index (χ2n) is 5.97. The molecule has 26 heavy (non-hydrogen) atoms. The Balaban J connectivity index is 2.03. The molecule has 0 aliphatic rings. The first-order valence-corrected chi connectivity index (χ1v) is 9.43. The molecule has 2 rings (SSSR count). The smallest absolute Gasteiger partial charge is 0.244 e. The molecule has 0 unspecified atom stereocenters. The van der Waals surface area contributed by atoms with E-state index < -0.39 is 15.9 Å². The maximum absolute atomic E-state index is 12.5. The van der Waals surface area contributed by atoms with Crippen LogP contribution in [0.5, 0.6) is 5.75 Å². The second-order valence-corrected chi connectivity index (χ2v) is 7.70. The molecule has 0 radical (unpaired) electrons. The summed E-state index contributed by atoms with van der Waals surface area (Å²) in [5.41, 5.74) is 2.36. The van der Waals surface area contributed by atoms with Crippen molar-refractivity contribution in [1.82, 2.24) is 4.72 Å². The minimum Gasteiger partial charge on any atom is -0.495 e. The number of benzene rings is 2. The van der Waals surface area contributed by atoms with Crippen LogP contribution >= 0.6 is 0 Å². The van der Waals surface area contributed by atoms with Gasteiger partial charge in [0.15, 0.2) is 0 Å². The highest BCUT2D eigenvalue weighted by molar-refractivity contribution is 7.89. The number of aryl methyl sites for hydroxylation is 1.